The Bertz CT molecular complexity index is 893. The Labute approximate surface area is 166 Å². The van der Waals surface area contributed by atoms with Gasteiger partial charge in [-0.1, -0.05) is 23.7 Å². The van der Waals surface area contributed by atoms with Crippen LogP contribution in [0, 0.1) is 5.82 Å². The number of hydrogen-bond acceptors (Lipinski definition) is 6. The molecule has 2 aromatic heterocycles. The van der Waals surface area contributed by atoms with Crippen LogP contribution in [-0.2, 0) is 6.42 Å². The summed E-state index contributed by atoms with van der Waals surface area (Å²) in [5, 5.41) is 1.55. The molecule has 140 valence electrons. The lowest BCUT2D eigenvalue weighted by molar-refractivity contribution is 0.261. The highest BCUT2D eigenvalue weighted by molar-refractivity contribution is 7.09. The van der Waals surface area contributed by atoms with Crippen molar-refractivity contribution in [3.63, 3.8) is 0 Å². The first-order chi connectivity index (χ1) is 13.2. The van der Waals surface area contributed by atoms with Gasteiger partial charge < -0.3 is 4.90 Å². The Morgan fingerprint density at radius 1 is 1.07 bits per heavy atom. The molecule has 27 heavy (non-hydrogen) atoms. The molecule has 3 aromatic rings. The Kier molecular flexibility index (Phi) is 5.61. The van der Waals surface area contributed by atoms with Gasteiger partial charge in [-0.3, -0.25) is 9.88 Å². The van der Waals surface area contributed by atoms with Gasteiger partial charge in [-0.05, 0) is 36.2 Å². The number of aromatic nitrogens is 3. The van der Waals surface area contributed by atoms with E-state index in [4.69, 9.17) is 11.6 Å². The van der Waals surface area contributed by atoms with Crippen molar-refractivity contribution in [2.75, 3.05) is 37.6 Å². The van der Waals surface area contributed by atoms with Crippen LogP contribution in [0.1, 0.15) is 5.56 Å². The van der Waals surface area contributed by atoms with Gasteiger partial charge in [0.15, 0.2) is 5.82 Å². The number of piperazine rings is 1. The zero-order chi connectivity index (χ0) is 18.6. The van der Waals surface area contributed by atoms with Crippen molar-refractivity contribution in [2.24, 2.45) is 0 Å². The Hall–Kier alpha value is -2.09. The highest BCUT2D eigenvalue weighted by Gasteiger charge is 2.20. The van der Waals surface area contributed by atoms with E-state index in [1.165, 1.54) is 29.2 Å². The van der Waals surface area contributed by atoms with E-state index in [1.807, 2.05) is 12.1 Å². The van der Waals surface area contributed by atoms with Crippen molar-refractivity contribution < 1.29 is 4.39 Å². The summed E-state index contributed by atoms with van der Waals surface area (Å²) in [6, 6.07) is 10.3. The fraction of sp³-hybridized carbons (Fsp3) is 0.316. The number of hydrogen-bond donors (Lipinski definition) is 0. The van der Waals surface area contributed by atoms with Crippen LogP contribution in [0.2, 0.25) is 5.02 Å². The molecule has 0 spiro atoms. The largest absolute Gasteiger partial charge is 0.344 e. The van der Waals surface area contributed by atoms with E-state index in [9.17, 15) is 4.39 Å². The lowest BCUT2D eigenvalue weighted by Crippen LogP contribution is -2.47. The van der Waals surface area contributed by atoms with Gasteiger partial charge in [0.05, 0.1) is 0 Å². The zero-order valence-electron chi connectivity index (χ0n) is 14.7. The topological polar surface area (TPSA) is 45.2 Å². The predicted octanol–water partition coefficient (Wildman–Crippen LogP) is 3.76. The van der Waals surface area contributed by atoms with Crippen LogP contribution in [0.15, 0.2) is 42.6 Å². The number of rotatable bonds is 5. The minimum absolute atomic E-state index is 0.184. The lowest BCUT2D eigenvalue weighted by Gasteiger charge is -2.34. The zero-order valence-corrected chi connectivity index (χ0v) is 16.3. The number of halogens is 2. The summed E-state index contributed by atoms with van der Waals surface area (Å²) in [4.78, 5) is 13.6. The van der Waals surface area contributed by atoms with Crippen molar-refractivity contribution in [2.45, 2.75) is 6.42 Å². The van der Waals surface area contributed by atoms with Gasteiger partial charge >= 0.3 is 0 Å². The third-order valence-corrected chi connectivity index (χ3v) is 5.65. The molecule has 4 rings (SSSR count). The van der Waals surface area contributed by atoms with Gasteiger partial charge in [-0.2, -0.15) is 9.36 Å². The molecule has 8 heteroatoms. The highest BCUT2D eigenvalue weighted by Crippen LogP contribution is 2.25. The van der Waals surface area contributed by atoms with E-state index in [1.54, 1.807) is 18.3 Å². The SMILES string of the molecule is Fc1ccc(CCN2CCN(c3nc(-c4cc(Cl)ccn4)ns3)CC2)cc1. The molecule has 0 atom stereocenters. The molecule has 0 amide bonds. The van der Waals surface area contributed by atoms with Crippen molar-refractivity contribution in [1.82, 2.24) is 19.2 Å². The van der Waals surface area contributed by atoms with Crippen LogP contribution in [-0.4, -0.2) is 52.0 Å². The van der Waals surface area contributed by atoms with Gasteiger partial charge in [0.25, 0.3) is 0 Å². The average molecular weight is 404 g/mol. The van der Waals surface area contributed by atoms with E-state index in [-0.39, 0.29) is 5.82 Å². The third kappa shape index (κ3) is 4.61. The molecule has 5 nitrogen and oxygen atoms in total. The smallest absolute Gasteiger partial charge is 0.205 e. The van der Waals surface area contributed by atoms with Crippen molar-refractivity contribution >= 4 is 28.3 Å². The molecule has 1 fully saturated rings. The van der Waals surface area contributed by atoms with E-state index < -0.39 is 0 Å². The van der Waals surface area contributed by atoms with Gasteiger partial charge in [0.1, 0.15) is 11.5 Å². The maximum absolute atomic E-state index is 13.0. The van der Waals surface area contributed by atoms with Crippen LogP contribution in [0.3, 0.4) is 0 Å². The molecule has 1 saturated heterocycles. The number of pyridine rings is 1. The molecule has 0 bridgehead atoms. The van der Waals surface area contributed by atoms with Gasteiger partial charge in [-0.15, -0.1) is 0 Å². The van der Waals surface area contributed by atoms with Crippen LogP contribution >= 0.6 is 23.1 Å². The Morgan fingerprint density at radius 2 is 1.85 bits per heavy atom. The summed E-state index contributed by atoms with van der Waals surface area (Å²) < 4.78 is 17.4. The first-order valence-electron chi connectivity index (χ1n) is 8.85. The molecule has 3 heterocycles. The monoisotopic (exact) mass is 403 g/mol. The predicted molar refractivity (Wildman–Crippen MR) is 107 cm³/mol. The molecular weight excluding hydrogens is 385 g/mol. The standard InChI is InChI=1S/C19H19ClFN5S/c20-15-5-7-22-17(13-15)18-23-19(27-24-18)26-11-9-25(10-12-26)8-6-14-1-3-16(21)4-2-14/h1-5,7,13H,6,8-12H2. The highest BCUT2D eigenvalue weighted by atomic mass is 35.5. The molecule has 1 aliphatic heterocycles. The van der Waals surface area contributed by atoms with Crippen LogP contribution in [0.25, 0.3) is 11.5 Å². The van der Waals surface area contributed by atoms with Crippen LogP contribution < -0.4 is 4.90 Å². The van der Waals surface area contributed by atoms with E-state index in [0.717, 1.165) is 44.3 Å². The summed E-state index contributed by atoms with van der Waals surface area (Å²) in [5.41, 5.74) is 1.87. The molecule has 0 saturated carbocycles. The molecular formula is C19H19ClFN5S. The second-order valence-electron chi connectivity index (χ2n) is 6.47. The summed E-state index contributed by atoms with van der Waals surface area (Å²) >= 11 is 7.42. The van der Waals surface area contributed by atoms with E-state index >= 15 is 0 Å². The minimum atomic E-state index is -0.184. The van der Waals surface area contributed by atoms with Gasteiger partial charge in [0.2, 0.25) is 5.13 Å². The second kappa shape index (κ2) is 8.29. The molecule has 0 aliphatic carbocycles. The third-order valence-electron chi connectivity index (χ3n) is 4.64. The Morgan fingerprint density at radius 3 is 2.59 bits per heavy atom. The number of benzene rings is 1. The summed E-state index contributed by atoms with van der Waals surface area (Å²) in [6.07, 6.45) is 2.60. The fourth-order valence-electron chi connectivity index (χ4n) is 3.08. The van der Waals surface area contributed by atoms with Crippen molar-refractivity contribution in [3.8, 4) is 11.5 Å². The molecule has 0 unspecified atom stereocenters. The quantitative estimate of drug-likeness (QED) is 0.649. The van der Waals surface area contributed by atoms with Crippen LogP contribution in [0.4, 0.5) is 9.52 Å². The van der Waals surface area contributed by atoms with Gasteiger partial charge in [0, 0.05) is 55.5 Å². The van der Waals surface area contributed by atoms with E-state index in [0.29, 0.717) is 16.5 Å². The fourth-order valence-corrected chi connectivity index (χ4v) is 3.96. The molecule has 1 aromatic carbocycles. The van der Waals surface area contributed by atoms with Gasteiger partial charge in [-0.25, -0.2) is 4.39 Å². The second-order valence-corrected chi connectivity index (χ2v) is 7.63. The molecule has 1 aliphatic rings. The summed E-state index contributed by atoms with van der Waals surface area (Å²) in [5.74, 6) is 0.438. The van der Waals surface area contributed by atoms with Crippen LogP contribution in [0.5, 0.6) is 0 Å². The molecule has 0 N–H and O–H groups in total. The summed E-state index contributed by atoms with van der Waals surface area (Å²) in [7, 11) is 0. The average Bonchev–Trinajstić information content (AvgIpc) is 3.18. The summed E-state index contributed by atoms with van der Waals surface area (Å²) in [6.45, 7) is 4.77. The lowest BCUT2D eigenvalue weighted by atomic mass is 10.1. The normalized spacial score (nSPS) is 15.3. The Balaban J connectivity index is 1.31. The minimum Gasteiger partial charge on any atom is -0.344 e. The number of nitrogens with zero attached hydrogens (tertiary/aromatic N) is 5. The van der Waals surface area contributed by atoms with Crippen molar-refractivity contribution in [3.05, 3.63) is 59.0 Å². The first-order valence-corrected chi connectivity index (χ1v) is 10.00. The van der Waals surface area contributed by atoms with E-state index in [2.05, 4.69) is 24.1 Å². The molecule has 0 radical (unpaired) electrons. The first kappa shape index (κ1) is 18.3. The number of anilines is 1. The maximum Gasteiger partial charge on any atom is 0.205 e. The van der Waals surface area contributed by atoms with Crippen molar-refractivity contribution in [1.29, 1.82) is 0 Å². The maximum atomic E-state index is 13.0.